The number of benzene rings is 2. The molecule has 2 aromatic heterocycles. The van der Waals surface area contributed by atoms with Gasteiger partial charge in [0.15, 0.2) is 0 Å². The van der Waals surface area contributed by atoms with Gasteiger partial charge in [-0.25, -0.2) is 4.98 Å². The Labute approximate surface area is 224 Å². The van der Waals surface area contributed by atoms with E-state index < -0.39 is 0 Å². The van der Waals surface area contributed by atoms with Gasteiger partial charge in [-0.3, -0.25) is 9.59 Å². The molecule has 4 aromatic rings. The zero-order chi connectivity index (χ0) is 26.6. The van der Waals surface area contributed by atoms with Gasteiger partial charge in [-0.1, -0.05) is 12.6 Å². The Morgan fingerprint density at radius 2 is 1.95 bits per heavy atom. The molecule has 0 saturated carbocycles. The second kappa shape index (κ2) is 11.0. The van der Waals surface area contributed by atoms with Crippen LogP contribution in [0.4, 0.5) is 17.3 Å². The Morgan fingerprint density at radius 3 is 2.68 bits per heavy atom. The van der Waals surface area contributed by atoms with Gasteiger partial charge in [0.1, 0.15) is 10.4 Å². The average Bonchev–Trinajstić information content (AvgIpc) is 3.59. The number of nitrogens with one attached hydrogen (secondary N) is 2. The molecule has 2 amide bonds. The van der Waals surface area contributed by atoms with E-state index in [0.717, 1.165) is 35.4 Å². The summed E-state index contributed by atoms with van der Waals surface area (Å²) in [6.07, 6.45) is 2.19. The molecule has 1 aliphatic heterocycles. The van der Waals surface area contributed by atoms with Crippen LogP contribution in [0.1, 0.15) is 16.8 Å². The molecule has 2 N–H and O–H groups in total. The van der Waals surface area contributed by atoms with E-state index in [-0.39, 0.29) is 11.8 Å². The van der Waals surface area contributed by atoms with Crippen LogP contribution in [-0.2, 0) is 4.79 Å². The molecule has 1 atom stereocenters. The van der Waals surface area contributed by atoms with Crippen LogP contribution in [-0.4, -0.2) is 64.8 Å². The summed E-state index contributed by atoms with van der Waals surface area (Å²) in [6, 6.07) is 16.7. The zero-order valence-corrected chi connectivity index (χ0v) is 22.0. The van der Waals surface area contributed by atoms with Gasteiger partial charge in [-0.2, -0.15) is 4.98 Å². The molecule has 5 rings (SSSR count). The number of likely N-dealkylation sites (tertiary alicyclic amines) is 1. The van der Waals surface area contributed by atoms with E-state index in [1.54, 1.807) is 24.3 Å². The van der Waals surface area contributed by atoms with Crippen molar-refractivity contribution in [2.75, 3.05) is 37.8 Å². The van der Waals surface area contributed by atoms with Crippen LogP contribution >= 0.6 is 11.3 Å². The van der Waals surface area contributed by atoms with Crippen molar-refractivity contribution < 1.29 is 14.3 Å². The van der Waals surface area contributed by atoms with Gasteiger partial charge in [0.25, 0.3) is 5.91 Å². The number of thiophene rings is 1. The highest BCUT2D eigenvalue weighted by atomic mass is 32.1. The Balaban J connectivity index is 1.32. The third-order valence-corrected chi connectivity index (χ3v) is 7.23. The SMILES string of the molecule is C=CC(=O)Nc1cccc(Oc2nc(Nc3ccc(C(=O)N4CCC(N(C)C)C4)cc3)nc3ccsc23)c1. The van der Waals surface area contributed by atoms with E-state index in [0.29, 0.717) is 34.9 Å². The molecule has 0 aliphatic carbocycles. The van der Waals surface area contributed by atoms with Crippen molar-refractivity contribution in [1.29, 1.82) is 0 Å². The minimum atomic E-state index is -0.303. The Morgan fingerprint density at radius 1 is 1.13 bits per heavy atom. The number of anilines is 3. The van der Waals surface area contributed by atoms with Crippen LogP contribution in [0.25, 0.3) is 10.2 Å². The molecular weight excluding hydrogens is 500 g/mol. The van der Waals surface area contributed by atoms with Crippen molar-refractivity contribution >= 4 is 50.7 Å². The Kier molecular flexibility index (Phi) is 7.34. The molecule has 1 aliphatic rings. The van der Waals surface area contributed by atoms with Crippen molar-refractivity contribution in [3.05, 3.63) is 78.2 Å². The lowest BCUT2D eigenvalue weighted by atomic mass is 10.2. The molecule has 1 saturated heterocycles. The van der Waals surface area contributed by atoms with Crippen molar-refractivity contribution in [1.82, 2.24) is 19.8 Å². The quantitative estimate of drug-likeness (QED) is 0.306. The van der Waals surface area contributed by atoms with Crippen molar-refractivity contribution in [2.45, 2.75) is 12.5 Å². The fourth-order valence-corrected chi connectivity index (χ4v) is 5.02. The minimum absolute atomic E-state index is 0.0408. The lowest BCUT2D eigenvalue weighted by Crippen LogP contribution is -2.34. The van der Waals surface area contributed by atoms with Crippen LogP contribution in [0.3, 0.4) is 0 Å². The number of fused-ring (bicyclic) bond motifs is 1. The Hall–Kier alpha value is -4.28. The van der Waals surface area contributed by atoms with Gasteiger partial charge in [-0.15, -0.1) is 11.3 Å². The first-order valence-electron chi connectivity index (χ1n) is 12.2. The van der Waals surface area contributed by atoms with E-state index in [9.17, 15) is 9.59 Å². The predicted octanol–water partition coefficient (Wildman–Crippen LogP) is 5.13. The first-order chi connectivity index (χ1) is 18.4. The molecule has 1 fully saturated rings. The van der Waals surface area contributed by atoms with Gasteiger partial charge in [0.2, 0.25) is 17.7 Å². The number of amides is 2. The molecule has 10 heteroatoms. The van der Waals surface area contributed by atoms with Gasteiger partial charge >= 0.3 is 0 Å². The third kappa shape index (κ3) is 5.66. The smallest absolute Gasteiger partial charge is 0.253 e. The molecular formula is C28H28N6O3S. The second-order valence-electron chi connectivity index (χ2n) is 9.17. The zero-order valence-electron chi connectivity index (χ0n) is 21.2. The van der Waals surface area contributed by atoms with Gasteiger partial charge in [0.05, 0.1) is 5.52 Å². The van der Waals surface area contributed by atoms with Gasteiger partial charge < -0.3 is 25.2 Å². The monoisotopic (exact) mass is 528 g/mol. The largest absolute Gasteiger partial charge is 0.437 e. The topological polar surface area (TPSA) is 99.7 Å². The fraction of sp³-hybridized carbons (Fsp3) is 0.214. The first kappa shape index (κ1) is 25.4. The molecule has 194 valence electrons. The first-order valence-corrected chi connectivity index (χ1v) is 13.1. The summed E-state index contributed by atoms with van der Waals surface area (Å²) in [5.41, 5.74) is 2.73. The van der Waals surface area contributed by atoms with E-state index in [2.05, 4.69) is 32.1 Å². The van der Waals surface area contributed by atoms with Crippen LogP contribution in [0.5, 0.6) is 11.6 Å². The molecule has 38 heavy (non-hydrogen) atoms. The number of rotatable bonds is 8. The number of hydrogen-bond acceptors (Lipinski definition) is 8. The van der Waals surface area contributed by atoms with Crippen molar-refractivity contribution in [3.63, 3.8) is 0 Å². The van der Waals surface area contributed by atoms with Gasteiger partial charge in [0, 0.05) is 42.1 Å². The molecule has 3 heterocycles. The van der Waals surface area contributed by atoms with E-state index in [1.165, 1.54) is 17.4 Å². The van der Waals surface area contributed by atoms with E-state index >= 15 is 0 Å². The summed E-state index contributed by atoms with van der Waals surface area (Å²) >= 11 is 1.48. The van der Waals surface area contributed by atoms with Crippen LogP contribution in [0.2, 0.25) is 0 Å². The molecule has 0 spiro atoms. The maximum Gasteiger partial charge on any atom is 0.253 e. The summed E-state index contributed by atoms with van der Waals surface area (Å²) in [4.78, 5) is 37.9. The standard InChI is InChI=1S/C28H28N6O3S/c1-4-24(35)29-20-6-5-7-22(16-20)37-26-25-23(13-15-38-25)31-28(32-26)30-19-10-8-18(9-11-19)27(36)34-14-12-21(17-34)33(2)3/h4-11,13,15-16,21H,1,12,14,17H2,2-3H3,(H,29,35)(H,30,31,32). The molecule has 0 radical (unpaired) electrons. The van der Waals surface area contributed by atoms with Crippen LogP contribution < -0.4 is 15.4 Å². The lowest BCUT2D eigenvalue weighted by molar-refractivity contribution is -0.111. The highest BCUT2D eigenvalue weighted by Crippen LogP contribution is 2.33. The minimum Gasteiger partial charge on any atom is -0.437 e. The number of ether oxygens (including phenoxy) is 1. The number of carbonyl (C=O) groups is 2. The normalized spacial score (nSPS) is 15.0. The lowest BCUT2D eigenvalue weighted by Gasteiger charge is -2.20. The number of aromatic nitrogens is 2. The second-order valence-corrected chi connectivity index (χ2v) is 10.1. The van der Waals surface area contributed by atoms with E-state index in [1.807, 2.05) is 54.7 Å². The average molecular weight is 529 g/mol. The van der Waals surface area contributed by atoms with E-state index in [4.69, 9.17) is 4.74 Å². The van der Waals surface area contributed by atoms with Crippen molar-refractivity contribution in [2.24, 2.45) is 0 Å². The molecule has 0 bridgehead atoms. The summed E-state index contributed by atoms with van der Waals surface area (Å²) < 4.78 is 6.91. The molecule has 1 unspecified atom stereocenters. The number of nitrogens with zero attached hydrogens (tertiary/aromatic N) is 4. The predicted molar refractivity (Wildman–Crippen MR) is 150 cm³/mol. The number of likely N-dealkylation sites (N-methyl/N-ethyl adjacent to an activating group) is 1. The summed E-state index contributed by atoms with van der Waals surface area (Å²) in [5.74, 6) is 1.03. The molecule has 2 aromatic carbocycles. The third-order valence-electron chi connectivity index (χ3n) is 6.34. The van der Waals surface area contributed by atoms with Crippen LogP contribution in [0, 0.1) is 0 Å². The number of carbonyl (C=O) groups excluding carboxylic acids is 2. The summed E-state index contributed by atoms with van der Waals surface area (Å²) in [7, 11) is 4.10. The van der Waals surface area contributed by atoms with Gasteiger partial charge in [-0.05, 0) is 74.4 Å². The Bertz CT molecular complexity index is 1480. The summed E-state index contributed by atoms with van der Waals surface area (Å²) in [5, 5.41) is 7.87. The maximum absolute atomic E-state index is 12.9. The molecule has 9 nitrogen and oxygen atoms in total. The number of hydrogen-bond donors (Lipinski definition) is 2. The van der Waals surface area contributed by atoms with Crippen molar-refractivity contribution in [3.8, 4) is 11.6 Å². The highest BCUT2D eigenvalue weighted by molar-refractivity contribution is 7.17. The maximum atomic E-state index is 12.9. The fourth-order valence-electron chi connectivity index (χ4n) is 4.26. The van der Waals surface area contributed by atoms with Crippen LogP contribution in [0.15, 0.2) is 72.6 Å². The highest BCUT2D eigenvalue weighted by Gasteiger charge is 2.28. The summed E-state index contributed by atoms with van der Waals surface area (Å²) in [6.45, 7) is 4.98.